The molecule has 1 aliphatic carbocycles. The van der Waals surface area contributed by atoms with E-state index in [9.17, 15) is 9.59 Å². The fourth-order valence-electron chi connectivity index (χ4n) is 6.02. The molecule has 242 valence electrons. The summed E-state index contributed by atoms with van der Waals surface area (Å²) in [5.74, 6) is 1.03. The molecular weight excluding hydrogens is 621 g/mol. The van der Waals surface area contributed by atoms with Gasteiger partial charge in [-0.3, -0.25) is 4.79 Å². The minimum atomic E-state index is -0.954. The lowest BCUT2D eigenvalue weighted by Crippen LogP contribution is -2.33. The Morgan fingerprint density at radius 1 is 1.00 bits per heavy atom. The molecule has 0 bridgehead atoms. The Morgan fingerprint density at radius 3 is 2.39 bits per heavy atom. The van der Waals surface area contributed by atoms with Crippen LogP contribution in [-0.2, 0) is 24.4 Å². The minimum absolute atomic E-state index is 0.0573. The van der Waals surface area contributed by atoms with E-state index in [1.165, 1.54) is 19.3 Å². The Labute approximate surface area is 280 Å². The third kappa shape index (κ3) is 9.14. The number of benzene rings is 3. The number of rotatable bonds is 14. The van der Waals surface area contributed by atoms with Gasteiger partial charge in [0.05, 0.1) is 22.3 Å². The predicted octanol–water partition coefficient (Wildman–Crippen LogP) is 9.30. The maximum Gasteiger partial charge on any atom is 0.335 e. The standard InChI is InChI=1S/C37H41Cl2N3O4/c1-2-3-19-42-23-34(31-18-15-29(38)22-32(31)39)41-36(42)33(40-35(43)21-25-7-5-4-6-8-25)20-26-11-16-30(17-12-26)46-24-27-9-13-28(14-10-27)37(44)45/h9-18,22-23,25,33H,2-8,19-21,24H2,1H3,(H,40,43)(H,44,45)/t33-/m0/s1. The Hall–Kier alpha value is -3.81. The van der Waals surface area contributed by atoms with Gasteiger partial charge in [0.15, 0.2) is 0 Å². The van der Waals surface area contributed by atoms with E-state index in [2.05, 4.69) is 16.8 Å². The van der Waals surface area contributed by atoms with Crippen molar-refractivity contribution in [1.82, 2.24) is 14.9 Å². The van der Waals surface area contributed by atoms with Crippen molar-refractivity contribution in [2.24, 2.45) is 5.92 Å². The molecule has 1 atom stereocenters. The van der Waals surface area contributed by atoms with Crippen LogP contribution in [0.2, 0.25) is 10.0 Å². The van der Waals surface area contributed by atoms with Crippen LogP contribution in [0.5, 0.6) is 5.75 Å². The van der Waals surface area contributed by atoms with E-state index in [1.54, 1.807) is 30.3 Å². The van der Waals surface area contributed by atoms with Crippen LogP contribution >= 0.6 is 23.2 Å². The average Bonchev–Trinajstić information content (AvgIpc) is 3.47. The Bertz CT molecular complexity index is 1610. The first-order chi connectivity index (χ1) is 22.3. The number of nitrogens with one attached hydrogen (secondary N) is 1. The molecule has 0 spiro atoms. The fourth-order valence-corrected chi connectivity index (χ4v) is 6.53. The molecule has 1 amide bonds. The molecule has 1 fully saturated rings. The first-order valence-electron chi connectivity index (χ1n) is 16.1. The Balaban J connectivity index is 1.37. The van der Waals surface area contributed by atoms with E-state index in [-0.39, 0.29) is 17.5 Å². The van der Waals surface area contributed by atoms with Crippen LogP contribution in [0.15, 0.2) is 72.9 Å². The van der Waals surface area contributed by atoms with Crippen molar-refractivity contribution in [3.63, 3.8) is 0 Å². The number of unbranched alkanes of at least 4 members (excludes halogenated alkanes) is 1. The maximum absolute atomic E-state index is 13.5. The first kappa shape index (κ1) is 33.6. The van der Waals surface area contributed by atoms with Crippen molar-refractivity contribution in [2.45, 2.75) is 83.9 Å². The number of aryl methyl sites for hydroxylation is 1. The second-order valence-corrected chi connectivity index (χ2v) is 13.0. The van der Waals surface area contributed by atoms with Crippen molar-refractivity contribution < 1.29 is 19.4 Å². The Morgan fingerprint density at radius 2 is 1.72 bits per heavy atom. The van der Waals surface area contributed by atoms with Gasteiger partial charge in [-0.2, -0.15) is 0 Å². The van der Waals surface area contributed by atoms with E-state index >= 15 is 0 Å². The molecule has 0 aliphatic heterocycles. The molecule has 1 saturated carbocycles. The zero-order chi connectivity index (χ0) is 32.5. The zero-order valence-corrected chi connectivity index (χ0v) is 27.7. The summed E-state index contributed by atoms with van der Waals surface area (Å²) < 4.78 is 8.12. The number of imidazole rings is 1. The van der Waals surface area contributed by atoms with Crippen LogP contribution in [0.1, 0.15) is 91.6 Å². The van der Waals surface area contributed by atoms with Crippen LogP contribution < -0.4 is 10.1 Å². The van der Waals surface area contributed by atoms with Crippen molar-refractivity contribution in [2.75, 3.05) is 0 Å². The molecule has 5 rings (SSSR count). The number of hydrogen-bond donors (Lipinski definition) is 2. The molecule has 0 unspecified atom stereocenters. The number of amides is 1. The third-order valence-corrected chi connectivity index (χ3v) is 9.13. The van der Waals surface area contributed by atoms with Crippen molar-refractivity contribution in [1.29, 1.82) is 0 Å². The SMILES string of the molecule is CCCCn1cc(-c2ccc(Cl)cc2Cl)nc1[C@H](Cc1ccc(OCc2ccc(C(=O)O)cc2)cc1)NC(=O)CC1CCCCC1. The number of aromatic carboxylic acids is 1. The fraction of sp³-hybridized carbons (Fsp3) is 0.378. The summed E-state index contributed by atoms with van der Waals surface area (Å²) in [4.78, 5) is 29.7. The number of carbonyl (C=O) groups is 2. The lowest BCUT2D eigenvalue weighted by Gasteiger charge is -2.24. The van der Waals surface area contributed by atoms with Gasteiger partial charge in [0.2, 0.25) is 5.91 Å². The minimum Gasteiger partial charge on any atom is -0.489 e. The molecule has 0 radical (unpaired) electrons. The summed E-state index contributed by atoms with van der Waals surface area (Å²) in [5.41, 5.74) is 3.71. The highest BCUT2D eigenvalue weighted by Crippen LogP contribution is 2.32. The van der Waals surface area contributed by atoms with Crippen LogP contribution in [0.25, 0.3) is 11.3 Å². The van der Waals surface area contributed by atoms with E-state index in [4.69, 9.17) is 38.0 Å². The second kappa shape index (κ2) is 16.1. The smallest absolute Gasteiger partial charge is 0.335 e. The van der Waals surface area contributed by atoms with E-state index in [1.807, 2.05) is 42.6 Å². The maximum atomic E-state index is 13.5. The molecule has 9 heteroatoms. The Kier molecular flexibility index (Phi) is 11.8. The normalized spacial score (nSPS) is 14.2. The highest BCUT2D eigenvalue weighted by atomic mass is 35.5. The van der Waals surface area contributed by atoms with Gasteiger partial charge in [-0.15, -0.1) is 0 Å². The quantitative estimate of drug-likeness (QED) is 0.140. The van der Waals surface area contributed by atoms with E-state index in [0.29, 0.717) is 41.2 Å². The van der Waals surface area contributed by atoms with Gasteiger partial charge in [-0.25, -0.2) is 9.78 Å². The van der Waals surface area contributed by atoms with Crippen LogP contribution in [0, 0.1) is 5.92 Å². The van der Waals surface area contributed by atoms with Crippen molar-refractivity contribution in [3.8, 4) is 17.0 Å². The van der Waals surface area contributed by atoms with Gasteiger partial charge in [0, 0.05) is 29.7 Å². The van der Waals surface area contributed by atoms with E-state index < -0.39 is 5.97 Å². The van der Waals surface area contributed by atoms with Crippen molar-refractivity contribution >= 4 is 35.1 Å². The van der Waals surface area contributed by atoms with Gasteiger partial charge in [0.25, 0.3) is 0 Å². The number of carboxylic acid groups (broad SMARTS) is 1. The molecule has 1 aromatic heterocycles. The highest BCUT2D eigenvalue weighted by Gasteiger charge is 2.25. The summed E-state index contributed by atoms with van der Waals surface area (Å²) in [6.45, 7) is 3.26. The third-order valence-electron chi connectivity index (χ3n) is 8.58. The summed E-state index contributed by atoms with van der Waals surface area (Å²) >= 11 is 12.8. The summed E-state index contributed by atoms with van der Waals surface area (Å²) in [7, 11) is 0. The molecule has 7 nitrogen and oxygen atoms in total. The molecule has 3 aromatic carbocycles. The highest BCUT2D eigenvalue weighted by molar-refractivity contribution is 6.36. The lowest BCUT2D eigenvalue weighted by molar-refractivity contribution is -0.123. The van der Waals surface area contributed by atoms with Gasteiger partial charge < -0.3 is 19.7 Å². The number of aromatic nitrogens is 2. The number of carboxylic acids is 1. The molecular formula is C37H41Cl2N3O4. The van der Waals surface area contributed by atoms with Crippen molar-refractivity contribution in [3.05, 3.63) is 105 Å². The number of nitrogens with zero attached hydrogens (tertiary/aromatic N) is 2. The molecule has 0 saturated heterocycles. The van der Waals surface area contributed by atoms with Crippen LogP contribution in [-0.4, -0.2) is 26.5 Å². The first-order valence-corrected chi connectivity index (χ1v) is 16.9. The van der Waals surface area contributed by atoms with Crippen LogP contribution in [0.3, 0.4) is 0 Å². The largest absolute Gasteiger partial charge is 0.489 e. The monoisotopic (exact) mass is 661 g/mol. The summed E-state index contributed by atoms with van der Waals surface area (Å²) in [6.07, 6.45) is 11.0. The summed E-state index contributed by atoms with van der Waals surface area (Å²) in [6, 6.07) is 19.6. The van der Waals surface area contributed by atoms with Crippen LogP contribution in [0.4, 0.5) is 0 Å². The number of hydrogen-bond acceptors (Lipinski definition) is 4. The molecule has 1 heterocycles. The summed E-state index contributed by atoms with van der Waals surface area (Å²) in [5, 5.41) is 13.6. The van der Waals surface area contributed by atoms with Gasteiger partial charge in [0.1, 0.15) is 18.2 Å². The van der Waals surface area contributed by atoms with Gasteiger partial charge >= 0.3 is 5.97 Å². The van der Waals surface area contributed by atoms with E-state index in [0.717, 1.165) is 60.4 Å². The lowest BCUT2D eigenvalue weighted by atomic mass is 9.87. The second-order valence-electron chi connectivity index (χ2n) is 12.1. The predicted molar refractivity (Wildman–Crippen MR) is 183 cm³/mol. The topological polar surface area (TPSA) is 93.5 Å². The molecule has 46 heavy (non-hydrogen) atoms. The molecule has 4 aromatic rings. The number of halogens is 2. The number of carbonyl (C=O) groups excluding carboxylic acids is 1. The molecule has 1 aliphatic rings. The van der Waals surface area contributed by atoms with Gasteiger partial charge in [-0.05, 0) is 85.2 Å². The zero-order valence-electron chi connectivity index (χ0n) is 26.2. The molecule has 2 N–H and O–H groups in total. The van der Waals surface area contributed by atoms with Gasteiger partial charge in [-0.1, -0.05) is 80.1 Å². The number of ether oxygens (including phenoxy) is 1. The average molecular weight is 663 g/mol.